The van der Waals surface area contributed by atoms with Gasteiger partial charge in [0.2, 0.25) is 5.91 Å². The van der Waals surface area contributed by atoms with Gasteiger partial charge in [0, 0.05) is 43.5 Å². The predicted molar refractivity (Wildman–Crippen MR) is 78.3 cm³/mol. The van der Waals surface area contributed by atoms with Gasteiger partial charge in [0.25, 0.3) is 0 Å². The molecule has 4 heteroatoms. The van der Waals surface area contributed by atoms with Crippen LogP contribution < -0.4 is 5.32 Å². The summed E-state index contributed by atoms with van der Waals surface area (Å²) in [5, 5.41) is 3.62. The third-order valence-corrected chi connectivity index (χ3v) is 4.71. The number of carbonyl (C=O) groups excluding carboxylic acids is 1. The largest absolute Gasteiger partial charge is 0.343 e. The number of aromatic nitrogens is 1. The molecule has 20 heavy (non-hydrogen) atoms. The number of hydrogen-bond donors (Lipinski definition) is 1. The van der Waals surface area contributed by atoms with Crippen LogP contribution in [0.5, 0.6) is 0 Å². The fourth-order valence-corrected chi connectivity index (χ4v) is 3.50. The third-order valence-electron chi connectivity index (χ3n) is 4.71. The first-order chi connectivity index (χ1) is 9.72. The second kappa shape index (κ2) is 5.92. The normalized spacial score (nSPS) is 28.4. The van der Waals surface area contributed by atoms with Crippen LogP contribution >= 0.6 is 0 Å². The van der Waals surface area contributed by atoms with E-state index < -0.39 is 0 Å². The van der Waals surface area contributed by atoms with Gasteiger partial charge in [-0.1, -0.05) is 6.07 Å². The Morgan fingerprint density at radius 2 is 2.10 bits per heavy atom. The fourth-order valence-electron chi connectivity index (χ4n) is 3.50. The molecule has 0 radical (unpaired) electrons. The van der Waals surface area contributed by atoms with E-state index in [9.17, 15) is 4.79 Å². The third kappa shape index (κ3) is 3.01. The van der Waals surface area contributed by atoms with Gasteiger partial charge in [0.05, 0.1) is 0 Å². The molecule has 2 aliphatic heterocycles. The van der Waals surface area contributed by atoms with E-state index in [1.807, 2.05) is 30.1 Å². The van der Waals surface area contributed by atoms with E-state index >= 15 is 0 Å². The molecule has 2 aliphatic rings. The lowest BCUT2D eigenvalue weighted by Gasteiger charge is -2.35. The number of piperidine rings is 1. The predicted octanol–water partition coefficient (Wildman–Crippen LogP) is 1.76. The Balaban J connectivity index is 1.52. The Kier molecular flexibility index (Phi) is 4.01. The van der Waals surface area contributed by atoms with Gasteiger partial charge in [0.1, 0.15) is 0 Å². The fraction of sp³-hybridized carbons (Fsp3) is 0.625. The van der Waals surface area contributed by atoms with E-state index in [4.69, 9.17) is 0 Å². The Bertz CT molecular complexity index is 450. The Labute approximate surface area is 120 Å². The number of hydrogen-bond acceptors (Lipinski definition) is 3. The molecular weight excluding hydrogens is 250 g/mol. The summed E-state index contributed by atoms with van der Waals surface area (Å²) >= 11 is 0. The average Bonchev–Trinajstić information content (AvgIpc) is 2.83. The molecule has 1 aromatic heterocycles. The number of carbonyl (C=O) groups is 1. The van der Waals surface area contributed by atoms with Gasteiger partial charge >= 0.3 is 0 Å². The minimum absolute atomic E-state index is 0.252. The minimum Gasteiger partial charge on any atom is -0.343 e. The SMILES string of the molecule is CN(C(=O)CCc1ccccn1)C1CC2CCC(C1)N2. The molecule has 108 valence electrons. The summed E-state index contributed by atoms with van der Waals surface area (Å²) in [5.41, 5.74) is 1.000. The second-order valence-electron chi connectivity index (χ2n) is 6.09. The summed E-state index contributed by atoms with van der Waals surface area (Å²) in [7, 11) is 1.97. The average molecular weight is 273 g/mol. The first kappa shape index (κ1) is 13.6. The van der Waals surface area contributed by atoms with Crippen molar-refractivity contribution in [2.24, 2.45) is 0 Å². The van der Waals surface area contributed by atoms with Gasteiger partial charge in [0.15, 0.2) is 0 Å². The quantitative estimate of drug-likeness (QED) is 0.909. The summed E-state index contributed by atoms with van der Waals surface area (Å²) in [4.78, 5) is 18.6. The van der Waals surface area contributed by atoms with Crippen LogP contribution in [0.25, 0.3) is 0 Å². The van der Waals surface area contributed by atoms with E-state index in [0.717, 1.165) is 25.0 Å². The Morgan fingerprint density at radius 1 is 1.35 bits per heavy atom. The molecule has 2 atom stereocenters. The molecule has 3 heterocycles. The molecule has 0 spiro atoms. The molecule has 2 unspecified atom stereocenters. The maximum absolute atomic E-state index is 12.3. The first-order valence-corrected chi connectivity index (χ1v) is 7.64. The van der Waals surface area contributed by atoms with Crippen LogP contribution in [-0.2, 0) is 11.2 Å². The molecule has 2 bridgehead atoms. The van der Waals surface area contributed by atoms with Gasteiger partial charge in [-0.25, -0.2) is 0 Å². The lowest BCUT2D eigenvalue weighted by atomic mass is 9.98. The highest BCUT2D eigenvalue weighted by Gasteiger charge is 2.36. The van der Waals surface area contributed by atoms with Crippen molar-refractivity contribution in [1.29, 1.82) is 0 Å². The van der Waals surface area contributed by atoms with Crippen molar-refractivity contribution in [3.8, 4) is 0 Å². The smallest absolute Gasteiger partial charge is 0.222 e. The highest BCUT2D eigenvalue weighted by atomic mass is 16.2. The van der Waals surface area contributed by atoms with E-state index in [0.29, 0.717) is 24.5 Å². The van der Waals surface area contributed by atoms with E-state index in [2.05, 4.69) is 10.3 Å². The van der Waals surface area contributed by atoms with Crippen molar-refractivity contribution in [2.75, 3.05) is 7.05 Å². The zero-order valence-corrected chi connectivity index (χ0v) is 12.1. The molecule has 0 saturated carbocycles. The Hall–Kier alpha value is -1.42. The van der Waals surface area contributed by atoms with Crippen molar-refractivity contribution in [2.45, 2.75) is 56.7 Å². The number of pyridine rings is 1. The maximum Gasteiger partial charge on any atom is 0.222 e. The number of amides is 1. The second-order valence-corrected chi connectivity index (χ2v) is 6.09. The topological polar surface area (TPSA) is 45.2 Å². The number of rotatable bonds is 4. The zero-order chi connectivity index (χ0) is 13.9. The summed E-state index contributed by atoms with van der Waals surface area (Å²) < 4.78 is 0. The van der Waals surface area contributed by atoms with Crippen LogP contribution in [0.3, 0.4) is 0 Å². The van der Waals surface area contributed by atoms with Crippen molar-refractivity contribution in [3.63, 3.8) is 0 Å². The van der Waals surface area contributed by atoms with Crippen LogP contribution in [0, 0.1) is 0 Å². The van der Waals surface area contributed by atoms with Gasteiger partial charge in [-0.05, 0) is 44.2 Å². The van der Waals surface area contributed by atoms with Gasteiger partial charge in [-0.2, -0.15) is 0 Å². The summed E-state index contributed by atoms with van der Waals surface area (Å²) in [6, 6.07) is 7.54. The standard InChI is InChI=1S/C16H23N3O/c1-19(15-10-13-5-6-14(11-15)18-13)16(20)8-7-12-4-2-3-9-17-12/h2-4,9,13-15,18H,5-8,10-11H2,1H3. The molecule has 2 saturated heterocycles. The van der Waals surface area contributed by atoms with Crippen molar-refractivity contribution in [1.82, 2.24) is 15.2 Å². The van der Waals surface area contributed by atoms with Gasteiger partial charge < -0.3 is 10.2 Å². The van der Waals surface area contributed by atoms with E-state index in [1.165, 1.54) is 12.8 Å². The maximum atomic E-state index is 12.3. The number of fused-ring (bicyclic) bond motifs is 2. The van der Waals surface area contributed by atoms with Crippen LogP contribution in [0.2, 0.25) is 0 Å². The molecule has 1 N–H and O–H groups in total. The molecule has 0 aromatic carbocycles. The number of nitrogens with zero attached hydrogens (tertiary/aromatic N) is 2. The van der Waals surface area contributed by atoms with E-state index in [-0.39, 0.29) is 5.91 Å². The van der Waals surface area contributed by atoms with Crippen LogP contribution in [-0.4, -0.2) is 41.0 Å². The van der Waals surface area contributed by atoms with E-state index in [1.54, 1.807) is 6.20 Å². The first-order valence-electron chi connectivity index (χ1n) is 7.64. The molecule has 4 nitrogen and oxygen atoms in total. The monoisotopic (exact) mass is 273 g/mol. The summed E-state index contributed by atoms with van der Waals surface area (Å²) in [6.07, 6.45) is 7.86. The van der Waals surface area contributed by atoms with Crippen LogP contribution in [0.1, 0.15) is 37.8 Å². The number of nitrogens with one attached hydrogen (secondary N) is 1. The molecule has 3 rings (SSSR count). The van der Waals surface area contributed by atoms with Crippen LogP contribution in [0.4, 0.5) is 0 Å². The summed E-state index contributed by atoms with van der Waals surface area (Å²) in [6.45, 7) is 0. The molecule has 0 aliphatic carbocycles. The highest BCUT2D eigenvalue weighted by Crippen LogP contribution is 2.29. The molecule has 2 fully saturated rings. The van der Waals surface area contributed by atoms with Gasteiger partial charge in [-0.3, -0.25) is 9.78 Å². The molecular formula is C16H23N3O. The van der Waals surface area contributed by atoms with Gasteiger partial charge in [-0.15, -0.1) is 0 Å². The van der Waals surface area contributed by atoms with Crippen LogP contribution in [0.15, 0.2) is 24.4 Å². The zero-order valence-electron chi connectivity index (χ0n) is 12.1. The van der Waals surface area contributed by atoms with Crippen molar-refractivity contribution < 1.29 is 4.79 Å². The lowest BCUT2D eigenvalue weighted by molar-refractivity contribution is -0.132. The highest BCUT2D eigenvalue weighted by molar-refractivity contribution is 5.76. The summed E-state index contributed by atoms with van der Waals surface area (Å²) in [5.74, 6) is 0.252. The number of aryl methyl sites for hydroxylation is 1. The lowest BCUT2D eigenvalue weighted by Crippen LogP contribution is -2.48. The van der Waals surface area contributed by atoms with Crippen molar-refractivity contribution in [3.05, 3.63) is 30.1 Å². The Morgan fingerprint density at radius 3 is 2.75 bits per heavy atom. The van der Waals surface area contributed by atoms with Crippen molar-refractivity contribution >= 4 is 5.91 Å². The molecule has 1 aromatic rings. The molecule has 1 amide bonds. The minimum atomic E-state index is 0.252.